The number of nitrogens with two attached hydrogens (primary N) is 3. The zero-order valence-electron chi connectivity index (χ0n) is 18.7. The number of nitrogens with zero attached hydrogens (tertiary/aromatic N) is 1. The molecule has 0 fully saturated rings. The smallest absolute Gasteiger partial charge is 0.326 e. The molecule has 17 heteroatoms. The number of guanidine groups is 1. The molecule has 0 aliphatic carbocycles. The molecule has 198 valence electrons. The van der Waals surface area contributed by atoms with E-state index in [1.807, 2.05) is 5.32 Å². The van der Waals surface area contributed by atoms with Crippen LogP contribution < -0.4 is 33.2 Å². The molecule has 0 aliphatic rings. The van der Waals surface area contributed by atoms with Gasteiger partial charge in [-0.2, -0.15) is 0 Å². The summed E-state index contributed by atoms with van der Waals surface area (Å²) in [6.45, 7) is -0.713. The van der Waals surface area contributed by atoms with Gasteiger partial charge in [-0.05, 0) is 19.3 Å². The fourth-order valence-electron chi connectivity index (χ4n) is 2.58. The number of hydrogen-bond acceptors (Lipinski definition) is 9. The molecule has 17 nitrogen and oxygen atoms in total. The van der Waals surface area contributed by atoms with Gasteiger partial charge in [0.15, 0.2) is 5.96 Å². The number of carbonyl (C=O) groups is 6. The number of aliphatic hydroxyl groups is 1. The molecule has 0 heterocycles. The first kappa shape index (κ1) is 31.0. The van der Waals surface area contributed by atoms with Crippen molar-refractivity contribution >= 4 is 41.6 Å². The molecule has 0 saturated heterocycles. The number of amides is 3. The van der Waals surface area contributed by atoms with Gasteiger partial charge in [0, 0.05) is 13.0 Å². The molecule has 13 N–H and O–H groups in total. The second kappa shape index (κ2) is 15.8. The maximum Gasteiger partial charge on any atom is 0.326 e. The average molecular weight is 505 g/mol. The third-order valence-electron chi connectivity index (χ3n) is 4.39. The topological polar surface area (TPSA) is 310 Å². The molecule has 0 rings (SSSR count). The largest absolute Gasteiger partial charge is 0.481 e. The minimum atomic E-state index is -1.85. The van der Waals surface area contributed by atoms with Crippen molar-refractivity contribution in [2.75, 3.05) is 13.2 Å². The summed E-state index contributed by atoms with van der Waals surface area (Å²) in [5.41, 5.74) is 16.1. The van der Waals surface area contributed by atoms with E-state index in [2.05, 4.69) is 15.6 Å². The molecule has 0 aromatic heterocycles. The molecule has 4 unspecified atom stereocenters. The van der Waals surface area contributed by atoms with Crippen LogP contribution in [0, 0.1) is 0 Å². The highest BCUT2D eigenvalue weighted by atomic mass is 16.4. The monoisotopic (exact) mass is 505 g/mol. The van der Waals surface area contributed by atoms with Gasteiger partial charge in [-0.15, -0.1) is 0 Å². The highest BCUT2D eigenvalue weighted by Crippen LogP contribution is 2.03. The summed E-state index contributed by atoms with van der Waals surface area (Å²) >= 11 is 0. The second-order valence-electron chi connectivity index (χ2n) is 7.29. The van der Waals surface area contributed by atoms with Gasteiger partial charge in [0.25, 0.3) is 0 Å². The van der Waals surface area contributed by atoms with E-state index in [1.165, 1.54) is 0 Å². The maximum atomic E-state index is 12.5. The fourth-order valence-corrected chi connectivity index (χ4v) is 2.58. The van der Waals surface area contributed by atoms with Crippen LogP contribution in [-0.4, -0.2) is 99.3 Å². The van der Waals surface area contributed by atoms with Crippen molar-refractivity contribution < 1.29 is 49.2 Å². The molecule has 35 heavy (non-hydrogen) atoms. The van der Waals surface area contributed by atoms with E-state index in [4.69, 9.17) is 32.5 Å². The van der Waals surface area contributed by atoms with Crippen LogP contribution in [0.15, 0.2) is 4.99 Å². The quantitative estimate of drug-likeness (QED) is 0.0504. The van der Waals surface area contributed by atoms with Crippen molar-refractivity contribution in [3.05, 3.63) is 0 Å². The Morgan fingerprint density at radius 2 is 1.31 bits per heavy atom. The number of carboxylic acids is 3. The van der Waals surface area contributed by atoms with Crippen molar-refractivity contribution in [3.8, 4) is 0 Å². The van der Waals surface area contributed by atoms with Gasteiger partial charge in [-0.3, -0.25) is 29.0 Å². The molecular weight excluding hydrogens is 474 g/mol. The number of aliphatic hydroxyl groups excluding tert-OH is 1. The Hall–Kier alpha value is -3.99. The van der Waals surface area contributed by atoms with E-state index >= 15 is 0 Å². The van der Waals surface area contributed by atoms with Gasteiger partial charge in [0.2, 0.25) is 17.7 Å². The summed E-state index contributed by atoms with van der Waals surface area (Å²) in [6, 6.07) is -6.15. The molecule has 0 aromatic rings. The third-order valence-corrected chi connectivity index (χ3v) is 4.39. The van der Waals surface area contributed by atoms with Gasteiger partial charge >= 0.3 is 17.9 Å². The van der Waals surface area contributed by atoms with Crippen LogP contribution >= 0.6 is 0 Å². The molecule has 0 aliphatic heterocycles. The molecule has 3 amide bonds. The van der Waals surface area contributed by atoms with E-state index in [0.29, 0.717) is 6.42 Å². The zero-order chi connectivity index (χ0) is 27.1. The van der Waals surface area contributed by atoms with Crippen LogP contribution in [-0.2, 0) is 28.8 Å². The van der Waals surface area contributed by atoms with E-state index in [-0.39, 0.29) is 18.9 Å². The van der Waals surface area contributed by atoms with Crippen LogP contribution in [0.2, 0.25) is 0 Å². The lowest BCUT2D eigenvalue weighted by atomic mass is 10.1. The molecule has 4 atom stereocenters. The number of carbonyl (C=O) groups excluding carboxylic acids is 3. The van der Waals surface area contributed by atoms with Crippen LogP contribution in [0.25, 0.3) is 0 Å². The van der Waals surface area contributed by atoms with Crippen molar-refractivity contribution in [2.24, 2.45) is 22.2 Å². The number of carboxylic acid groups (broad SMARTS) is 3. The molecule has 0 saturated carbocycles. The Morgan fingerprint density at radius 3 is 1.80 bits per heavy atom. The number of nitrogens with one attached hydrogen (secondary N) is 3. The lowest BCUT2D eigenvalue weighted by molar-refractivity contribution is -0.147. The third kappa shape index (κ3) is 13.3. The fraction of sp³-hybridized carbons (Fsp3) is 0.611. The van der Waals surface area contributed by atoms with E-state index in [1.54, 1.807) is 0 Å². The van der Waals surface area contributed by atoms with E-state index in [9.17, 15) is 33.9 Å². The summed E-state index contributed by atoms with van der Waals surface area (Å²) < 4.78 is 0. The molecular formula is C18H31N7O10. The highest BCUT2D eigenvalue weighted by Gasteiger charge is 2.31. The Kier molecular flexibility index (Phi) is 14.0. The standard InChI is InChI=1S/C18H31N7O10/c19-8(2-1-5-22-18(20)21)14(31)25-11(7-26)16(33)23-9(3-4-12(27)28)15(32)24-10(17(34)35)6-13(29)30/h8-11,26H,1-7,19H2,(H,23,33)(H,24,32)(H,25,31)(H,27,28)(H,29,30)(H,34,35)(H4,20,21,22). The summed E-state index contributed by atoms with van der Waals surface area (Å²) in [6.07, 6.45) is -1.63. The first-order chi connectivity index (χ1) is 16.3. The van der Waals surface area contributed by atoms with E-state index < -0.39 is 85.7 Å². The van der Waals surface area contributed by atoms with Gasteiger partial charge in [-0.1, -0.05) is 0 Å². The Labute approximate surface area is 199 Å². The first-order valence-electron chi connectivity index (χ1n) is 10.3. The number of hydrogen-bond donors (Lipinski definition) is 10. The minimum Gasteiger partial charge on any atom is -0.481 e. The molecule has 0 bridgehead atoms. The Morgan fingerprint density at radius 1 is 0.771 bits per heavy atom. The number of aliphatic imine (C=N–C) groups is 1. The first-order valence-corrected chi connectivity index (χ1v) is 10.3. The van der Waals surface area contributed by atoms with Crippen molar-refractivity contribution in [1.29, 1.82) is 0 Å². The van der Waals surface area contributed by atoms with Crippen LogP contribution in [0.5, 0.6) is 0 Å². The number of rotatable bonds is 17. The highest BCUT2D eigenvalue weighted by molar-refractivity contribution is 5.94. The molecule has 0 radical (unpaired) electrons. The molecule has 0 aromatic carbocycles. The van der Waals surface area contributed by atoms with E-state index in [0.717, 1.165) is 0 Å². The summed E-state index contributed by atoms with van der Waals surface area (Å²) in [5, 5.41) is 42.4. The van der Waals surface area contributed by atoms with Gasteiger partial charge in [0.1, 0.15) is 18.1 Å². The second-order valence-corrected chi connectivity index (χ2v) is 7.29. The zero-order valence-corrected chi connectivity index (χ0v) is 18.7. The number of aliphatic carboxylic acids is 3. The van der Waals surface area contributed by atoms with Crippen molar-refractivity contribution in [3.63, 3.8) is 0 Å². The Bertz CT molecular complexity index is 815. The maximum absolute atomic E-state index is 12.5. The minimum absolute atomic E-state index is 0.131. The van der Waals surface area contributed by atoms with Gasteiger partial charge < -0.3 is 53.6 Å². The normalized spacial score (nSPS) is 13.9. The van der Waals surface area contributed by atoms with Crippen molar-refractivity contribution in [1.82, 2.24) is 16.0 Å². The average Bonchev–Trinajstić information content (AvgIpc) is 2.75. The predicted octanol–water partition coefficient (Wildman–Crippen LogP) is -4.76. The van der Waals surface area contributed by atoms with Gasteiger partial charge in [-0.25, -0.2) is 4.79 Å². The van der Waals surface area contributed by atoms with Crippen molar-refractivity contribution in [2.45, 2.75) is 56.3 Å². The summed E-state index contributed by atoms with van der Waals surface area (Å²) in [4.78, 5) is 73.8. The predicted molar refractivity (Wildman–Crippen MR) is 118 cm³/mol. The lowest BCUT2D eigenvalue weighted by Crippen LogP contribution is -2.58. The SMILES string of the molecule is NC(N)=NCCCC(N)C(=O)NC(CO)C(=O)NC(CCC(=O)O)C(=O)NC(CC(=O)O)C(=O)O. The summed E-state index contributed by atoms with van der Waals surface area (Å²) in [5.74, 6) is -7.75. The van der Waals surface area contributed by atoms with Crippen LogP contribution in [0.3, 0.4) is 0 Å². The molecule has 0 spiro atoms. The Balaban J connectivity index is 5.24. The van der Waals surface area contributed by atoms with Crippen LogP contribution in [0.4, 0.5) is 0 Å². The summed E-state index contributed by atoms with van der Waals surface area (Å²) in [7, 11) is 0. The van der Waals surface area contributed by atoms with Gasteiger partial charge in [0.05, 0.1) is 19.1 Å². The lowest BCUT2D eigenvalue weighted by Gasteiger charge is -2.24. The van der Waals surface area contributed by atoms with Crippen LogP contribution in [0.1, 0.15) is 32.1 Å².